The van der Waals surface area contributed by atoms with E-state index in [2.05, 4.69) is 0 Å². The zero-order chi connectivity index (χ0) is 15.5. The van der Waals surface area contributed by atoms with E-state index in [0.717, 1.165) is 24.8 Å². The number of aliphatic hydroxyl groups is 1. The van der Waals surface area contributed by atoms with Gasteiger partial charge >= 0.3 is 0 Å². The molecule has 0 spiro atoms. The molecule has 1 heterocycles. The van der Waals surface area contributed by atoms with Crippen molar-refractivity contribution in [1.29, 1.82) is 0 Å². The number of sulfonamides is 1. The third-order valence-electron chi connectivity index (χ3n) is 3.89. The van der Waals surface area contributed by atoms with Gasteiger partial charge in [-0.15, -0.1) is 0 Å². The van der Waals surface area contributed by atoms with Crippen LogP contribution in [0.1, 0.15) is 31.2 Å². The van der Waals surface area contributed by atoms with Crippen LogP contribution in [0, 0.1) is 0 Å². The summed E-state index contributed by atoms with van der Waals surface area (Å²) < 4.78 is 27.1. The molecule has 1 atom stereocenters. The van der Waals surface area contributed by atoms with Gasteiger partial charge in [0.25, 0.3) is 0 Å². The number of hydrogen-bond donors (Lipinski definition) is 2. The Hall–Kier alpha value is -0.660. The molecule has 1 saturated heterocycles. The van der Waals surface area contributed by atoms with Gasteiger partial charge in [0, 0.05) is 30.8 Å². The fourth-order valence-corrected chi connectivity index (χ4v) is 4.79. The molecule has 21 heavy (non-hydrogen) atoms. The minimum absolute atomic E-state index is 0.0104. The Morgan fingerprint density at radius 1 is 1.38 bits per heavy atom. The zero-order valence-electron chi connectivity index (χ0n) is 11.8. The highest BCUT2D eigenvalue weighted by molar-refractivity contribution is 7.89. The largest absolute Gasteiger partial charge is 0.396 e. The van der Waals surface area contributed by atoms with Crippen LogP contribution in [0.3, 0.4) is 0 Å². The molecule has 1 aliphatic heterocycles. The summed E-state index contributed by atoms with van der Waals surface area (Å²) in [6.07, 6.45) is 3.08. The van der Waals surface area contributed by atoms with Gasteiger partial charge in [-0.25, -0.2) is 8.42 Å². The molecule has 3 N–H and O–H groups in total. The summed E-state index contributed by atoms with van der Waals surface area (Å²) in [4.78, 5) is 0.189. The average molecular weight is 333 g/mol. The molecule has 118 valence electrons. The molecule has 1 fully saturated rings. The topological polar surface area (TPSA) is 83.6 Å². The van der Waals surface area contributed by atoms with Crippen molar-refractivity contribution in [3.05, 3.63) is 28.8 Å². The minimum atomic E-state index is -3.58. The van der Waals surface area contributed by atoms with Crippen molar-refractivity contribution >= 4 is 21.6 Å². The Balaban J connectivity index is 2.33. The number of aliphatic hydroxyl groups excluding tert-OH is 1. The second-order valence-electron chi connectivity index (χ2n) is 5.23. The Kier molecular flexibility index (Phi) is 5.62. The van der Waals surface area contributed by atoms with Gasteiger partial charge in [-0.05, 0) is 37.0 Å². The van der Waals surface area contributed by atoms with Gasteiger partial charge < -0.3 is 10.8 Å². The summed E-state index contributed by atoms with van der Waals surface area (Å²) in [7, 11) is -3.58. The van der Waals surface area contributed by atoms with Crippen LogP contribution < -0.4 is 5.73 Å². The maximum absolute atomic E-state index is 12.8. The molecule has 0 amide bonds. The van der Waals surface area contributed by atoms with Gasteiger partial charge in [0.05, 0.1) is 4.90 Å². The molecule has 0 bridgehead atoms. The van der Waals surface area contributed by atoms with E-state index < -0.39 is 10.0 Å². The van der Waals surface area contributed by atoms with E-state index >= 15 is 0 Å². The average Bonchev–Trinajstić information content (AvgIpc) is 2.48. The lowest BCUT2D eigenvalue weighted by Crippen LogP contribution is -2.44. The minimum Gasteiger partial charge on any atom is -0.396 e. The highest BCUT2D eigenvalue weighted by atomic mass is 35.5. The van der Waals surface area contributed by atoms with Gasteiger partial charge in [-0.1, -0.05) is 24.1 Å². The fraction of sp³-hybridized carbons (Fsp3) is 0.571. The van der Waals surface area contributed by atoms with Gasteiger partial charge in [0.15, 0.2) is 0 Å². The molecule has 0 aliphatic carbocycles. The molecule has 0 radical (unpaired) electrons. The first-order valence-electron chi connectivity index (χ1n) is 7.12. The molecule has 0 saturated carbocycles. The third-order valence-corrected chi connectivity index (χ3v) is 6.19. The quantitative estimate of drug-likeness (QED) is 0.860. The van der Waals surface area contributed by atoms with Gasteiger partial charge in [-0.2, -0.15) is 4.31 Å². The molecule has 5 nitrogen and oxygen atoms in total. The predicted octanol–water partition coefficient (Wildman–Crippen LogP) is 1.72. The highest BCUT2D eigenvalue weighted by Gasteiger charge is 2.33. The molecule has 2 rings (SSSR count). The number of hydrogen-bond acceptors (Lipinski definition) is 4. The Morgan fingerprint density at radius 2 is 2.14 bits per heavy atom. The van der Waals surface area contributed by atoms with Crippen LogP contribution in [0.5, 0.6) is 0 Å². The van der Waals surface area contributed by atoms with Crippen molar-refractivity contribution in [3.63, 3.8) is 0 Å². The summed E-state index contributed by atoms with van der Waals surface area (Å²) >= 11 is 6.07. The van der Waals surface area contributed by atoms with E-state index in [4.69, 9.17) is 22.4 Å². The van der Waals surface area contributed by atoms with E-state index in [1.54, 1.807) is 12.1 Å². The summed E-state index contributed by atoms with van der Waals surface area (Å²) in [5.41, 5.74) is 6.27. The maximum atomic E-state index is 12.8. The van der Waals surface area contributed by atoms with Crippen LogP contribution in [0.4, 0.5) is 0 Å². The van der Waals surface area contributed by atoms with Crippen LogP contribution in [-0.4, -0.2) is 37.0 Å². The monoisotopic (exact) mass is 332 g/mol. The fourth-order valence-electron chi connectivity index (χ4n) is 2.72. The summed E-state index contributed by atoms with van der Waals surface area (Å²) in [6, 6.07) is 4.53. The maximum Gasteiger partial charge on any atom is 0.243 e. The standard InChI is InChI=1S/C14H21ClN2O3S/c15-14-9-13(5-4-11(14)10-16)21(19,20)17-7-2-1-3-12(17)6-8-18/h4-5,9,12,18H,1-3,6-8,10,16H2. The first-order valence-corrected chi connectivity index (χ1v) is 8.93. The van der Waals surface area contributed by atoms with Crippen molar-refractivity contribution < 1.29 is 13.5 Å². The van der Waals surface area contributed by atoms with E-state index in [1.807, 2.05) is 0 Å². The van der Waals surface area contributed by atoms with Crippen LogP contribution in [0.25, 0.3) is 0 Å². The van der Waals surface area contributed by atoms with Crippen LogP contribution >= 0.6 is 11.6 Å². The Labute approximate surface area is 130 Å². The van der Waals surface area contributed by atoms with E-state index in [9.17, 15) is 8.42 Å². The smallest absolute Gasteiger partial charge is 0.243 e. The molecular weight excluding hydrogens is 312 g/mol. The number of nitrogens with zero attached hydrogens (tertiary/aromatic N) is 1. The van der Waals surface area contributed by atoms with Crippen molar-refractivity contribution in [2.75, 3.05) is 13.2 Å². The molecule has 1 aromatic carbocycles. The first-order chi connectivity index (χ1) is 10.0. The molecule has 1 unspecified atom stereocenters. The molecule has 0 aromatic heterocycles. The highest BCUT2D eigenvalue weighted by Crippen LogP contribution is 2.29. The van der Waals surface area contributed by atoms with Gasteiger partial charge in [0.2, 0.25) is 10.0 Å². The molecular formula is C14H21ClN2O3S. The Bertz CT molecular complexity index is 590. The summed E-state index contributed by atoms with van der Waals surface area (Å²) in [5.74, 6) is 0. The van der Waals surface area contributed by atoms with Crippen LogP contribution in [-0.2, 0) is 16.6 Å². The number of piperidine rings is 1. The molecule has 1 aromatic rings. The van der Waals surface area contributed by atoms with Crippen molar-refractivity contribution in [2.45, 2.75) is 43.2 Å². The lowest BCUT2D eigenvalue weighted by molar-refractivity contribution is 0.192. The number of nitrogens with two attached hydrogens (primary N) is 1. The third kappa shape index (κ3) is 3.57. The van der Waals surface area contributed by atoms with Crippen molar-refractivity contribution in [2.24, 2.45) is 5.73 Å². The molecule has 7 heteroatoms. The van der Waals surface area contributed by atoms with E-state index in [-0.39, 0.29) is 24.1 Å². The SMILES string of the molecule is NCc1ccc(S(=O)(=O)N2CCCCC2CCO)cc1Cl. The van der Waals surface area contributed by atoms with E-state index in [0.29, 0.717) is 18.0 Å². The lowest BCUT2D eigenvalue weighted by atomic mass is 10.0. The summed E-state index contributed by atoms with van der Waals surface area (Å²) in [6.45, 7) is 0.753. The zero-order valence-corrected chi connectivity index (χ0v) is 13.4. The second-order valence-corrected chi connectivity index (χ2v) is 7.53. The van der Waals surface area contributed by atoms with E-state index in [1.165, 1.54) is 10.4 Å². The first kappa shape index (κ1) is 16.7. The van der Waals surface area contributed by atoms with Crippen molar-refractivity contribution in [3.8, 4) is 0 Å². The van der Waals surface area contributed by atoms with Crippen LogP contribution in [0.15, 0.2) is 23.1 Å². The Morgan fingerprint density at radius 3 is 2.76 bits per heavy atom. The lowest BCUT2D eigenvalue weighted by Gasteiger charge is -2.34. The second kappa shape index (κ2) is 7.07. The van der Waals surface area contributed by atoms with Crippen LogP contribution in [0.2, 0.25) is 5.02 Å². The normalized spacial score (nSPS) is 20.6. The number of halogens is 1. The molecule has 1 aliphatic rings. The van der Waals surface area contributed by atoms with Crippen molar-refractivity contribution in [1.82, 2.24) is 4.31 Å². The van der Waals surface area contributed by atoms with Gasteiger partial charge in [-0.3, -0.25) is 0 Å². The van der Waals surface area contributed by atoms with Gasteiger partial charge in [0.1, 0.15) is 0 Å². The number of rotatable bonds is 5. The summed E-state index contributed by atoms with van der Waals surface area (Å²) in [5, 5.41) is 9.50. The number of benzene rings is 1. The predicted molar refractivity (Wildman–Crippen MR) is 82.6 cm³/mol.